The number of nitrogens with zero attached hydrogens (tertiary/aromatic N) is 3. The van der Waals surface area contributed by atoms with E-state index in [1.54, 1.807) is 0 Å². The molecule has 0 aliphatic rings. The van der Waals surface area contributed by atoms with Crippen molar-refractivity contribution >= 4 is 11.7 Å². The molecule has 21 heavy (non-hydrogen) atoms. The van der Waals surface area contributed by atoms with Crippen LogP contribution in [-0.2, 0) is 10.7 Å². The quantitative estimate of drug-likeness (QED) is 0.271. The first-order valence-electron chi connectivity index (χ1n) is 5.46. The highest BCUT2D eigenvalue weighted by molar-refractivity contribution is 5.90. The van der Waals surface area contributed by atoms with E-state index in [1.165, 1.54) is 6.92 Å². The molecule has 0 aliphatic heterocycles. The lowest BCUT2D eigenvalue weighted by Crippen LogP contribution is -2.34. The zero-order valence-electron chi connectivity index (χ0n) is 10.5. The molecule has 0 amide bonds. The van der Waals surface area contributed by atoms with E-state index in [-0.39, 0.29) is 6.61 Å². The van der Waals surface area contributed by atoms with Crippen LogP contribution in [0.1, 0.15) is 22.8 Å². The van der Waals surface area contributed by atoms with E-state index in [4.69, 9.17) is 5.53 Å². The fraction of sp³-hybridized carbons (Fsp3) is 0.364. The number of rotatable bonds is 4. The molecule has 114 valence electrons. The molecule has 0 heterocycles. The average molecular weight is 309 g/mol. The monoisotopic (exact) mass is 309 g/mol. The van der Waals surface area contributed by atoms with Crippen molar-refractivity contribution in [2.24, 2.45) is 5.11 Å². The average Bonchev–Trinajstić information content (AvgIpc) is 2.38. The van der Waals surface area contributed by atoms with E-state index in [9.17, 15) is 26.7 Å². The van der Waals surface area contributed by atoms with Gasteiger partial charge in [-0.25, -0.2) is 4.79 Å². The zero-order valence-corrected chi connectivity index (χ0v) is 10.5. The van der Waals surface area contributed by atoms with Crippen LogP contribution in [-0.4, -0.2) is 18.8 Å². The Morgan fingerprint density at radius 2 is 1.95 bits per heavy atom. The van der Waals surface area contributed by atoms with Gasteiger partial charge in [-0.05, 0) is 24.6 Å². The molecule has 0 aromatic heterocycles. The topological polar surface area (TPSA) is 75.1 Å². The lowest BCUT2D eigenvalue weighted by Gasteiger charge is -2.21. The van der Waals surface area contributed by atoms with Gasteiger partial charge in [0, 0.05) is 16.2 Å². The zero-order chi connectivity index (χ0) is 16.3. The van der Waals surface area contributed by atoms with Gasteiger partial charge in [0.2, 0.25) is 0 Å². The first kappa shape index (κ1) is 16.7. The Balaban J connectivity index is 3.48. The molecular formula is C11H8F5N3O2. The molecule has 0 radical (unpaired) electrons. The lowest BCUT2D eigenvalue weighted by molar-refractivity contribution is -0.289. The van der Waals surface area contributed by atoms with E-state index in [2.05, 4.69) is 14.8 Å². The van der Waals surface area contributed by atoms with Crippen LogP contribution < -0.4 is 0 Å². The highest BCUT2D eigenvalue weighted by Gasteiger charge is 2.59. The van der Waals surface area contributed by atoms with Gasteiger partial charge >= 0.3 is 18.1 Å². The normalized spacial score (nSPS) is 11.7. The van der Waals surface area contributed by atoms with Crippen molar-refractivity contribution in [3.8, 4) is 0 Å². The van der Waals surface area contributed by atoms with E-state index >= 15 is 0 Å². The van der Waals surface area contributed by atoms with Crippen molar-refractivity contribution < 1.29 is 31.5 Å². The molecule has 1 rings (SSSR count). The smallest absolute Gasteiger partial charge is 0.458 e. The Morgan fingerprint density at radius 1 is 1.33 bits per heavy atom. The van der Waals surface area contributed by atoms with Crippen molar-refractivity contribution in [1.82, 2.24) is 0 Å². The number of azide groups is 1. The maximum absolute atomic E-state index is 13.4. The third-order valence-electron chi connectivity index (χ3n) is 2.35. The highest BCUT2D eigenvalue weighted by atomic mass is 19.4. The van der Waals surface area contributed by atoms with Crippen LogP contribution in [0.3, 0.4) is 0 Å². The molecule has 0 N–H and O–H groups in total. The summed E-state index contributed by atoms with van der Waals surface area (Å²) in [4.78, 5) is 13.6. The third-order valence-corrected chi connectivity index (χ3v) is 2.35. The predicted octanol–water partition coefficient (Wildman–Crippen LogP) is 4.46. The van der Waals surface area contributed by atoms with Crippen molar-refractivity contribution in [2.75, 3.05) is 6.61 Å². The number of benzene rings is 1. The van der Waals surface area contributed by atoms with Gasteiger partial charge in [0.25, 0.3) is 0 Å². The summed E-state index contributed by atoms with van der Waals surface area (Å²) in [5, 5.41) is 2.78. The molecule has 1 aromatic rings. The number of carbonyl (C=O) groups excluding carboxylic acids is 1. The van der Waals surface area contributed by atoms with Crippen LogP contribution >= 0.6 is 0 Å². The third kappa shape index (κ3) is 3.40. The molecule has 1 aromatic carbocycles. The number of ether oxygens (including phenoxy) is 1. The van der Waals surface area contributed by atoms with Gasteiger partial charge in [-0.15, -0.1) is 0 Å². The van der Waals surface area contributed by atoms with Crippen molar-refractivity contribution in [2.45, 2.75) is 19.0 Å². The molecule has 0 saturated carbocycles. The second-order valence-corrected chi connectivity index (χ2v) is 3.71. The van der Waals surface area contributed by atoms with Crippen LogP contribution in [0.5, 0.6) is 0 Å². The number of hydrogen-bond acceptors (Lipinski definition) is 3. The Bertz CT molecular complexity index is 594. The second kappa shape index (κ2) is 5.96. The maximum atomic E-state index is 13.4. The van der Waals surface area contributed by atoms with E-state index in [0.29, 0.717) is 12.1 Å². The van der Waals surface area contributed by atoms with Crippen LogP contribution in [0.4, 0.5) is 27.6 Å². The van der Waals surface area contributed by atoms with Crippen LogP contribution in [0.15, 0.2) is 23.3 Å². The fourth-order valence-electron chi connectivity index (χ4n) is 1.42. The predicted molar refractivity (Wildman–Crippen MR) is 61.2 cm³/mol. The van der Waals surface area contributed by atoms with Gasteiger partial charge < -0.3 is 4.74 Å². The summed E-state index contributed by atoms with van der Waals surface area (Å²) in [7, 11) is 0. The van der Waals surface area contributed by atoms with Crippen molar-refractivity contribution in [3.05, 3.63) is 39.8 Å². The molecule has 0 unspecified atom stereocenters. The Labute approximate surface area is 114 Å². The Morgan fingerprint density at radius 3 is 2.43 bits per heavy atom. The van der Waals surface area contributed by atoms with E-state index in [0.717, 1.165) is 6.07 Å². The van der Waals surface area contributed by atoms with Gasteiger partial charge in [-0.2, -0.15) is 22.0 Å². The number of halogens is 5. The lowest BCUT2D eigenvalue weighted by atomic mass is 10.0. The number of alkyl halides is 5. The van der Waals surface area contributed by atoms with Gasteiger partial charge in [-0.1, -0.05) is 11.2 Å². The Kier molecular flexibility index (Phi) is 4.74. The van der Waals surface area contributed by atoms with Crippen LogP contribution in [0.25, 0.3) is 10.4 Å². The van der Waals surface area contributed by atoms with Crippen molar-refractivity contribution in [3.63, 3.8) is 0 Å². The summed E-state index contributed by atoms with van der Waals surface area (Å²) in [6, 6.07) is 1.93. The number of carbonyl (C=O) groups is 1. The van der Waals surface area contributed by atoms with Gasteiger partial charge in [0.1, 0.15) is 0 Å². The summed E-state index contributed by atoms with van der Waals surface area (Å²) >= 11 is 0. The Hall–Kier alpha value is -2.35. The summed E-state index contributed by atoms with van der Waals surface area (Å²) in [6.45, 7) is 1.36. The minimum atomic E-state index is -5.90. The summed E-state index contributed by atoms with van der Waals surface area (Å²) in [6.07, 6.45) is -5.90. The van der Waals surface area contributed by atoms with Gasteiger partial charge in [-0.3, -0.25) is 0 Å². The molecule has 5 nitrogen and oxygen atoms in total. The number of hydrogen-bond donors (Lipinski definition) is 0. The SMILES string of the molecule is CCOC(=O)c1ccc(N=[N+]=[N-])c(C(F)(F)C(F)(F)F)c1. The van der Waals surface area contributed by atoms with Gasteiger partial charge in [0.05, 0.1) is 12.2 Å². The van der Waals surface area contributed by atoms with Crippen LogP contribution in [0, 0.1) is 0 Å². The molecule has 0 bridgehead atoms. The van der Waals surface area contributed by atoms with Gasteiger partial charge in [0.15, 0.2) is 0 Å². The van der Waals surface area contributed by atoms with Crippen molar-refractivity contribution in [1.29, 1.82) is 0 Å². The fourth-order valence-corrected chi connectivity index (χ4v) is 1.42. The largest absolute Gasteiger partial charge is 0.462 e. The standard InChI is InChI=1S/C11H8F5N3O2/c1-2-21-9(20)6-3-4-8(18-19-17)7(5-6)10(12,13)11(14,15)16/h3-5H,2H2,1H3. The first-order valence-corrected chi connectivity index (χ1v) is 5.46. The molecule has 0 aliphatic carbocycles. The summed E-state index contributed by atoms with van der Waals surface area (Å²) < 4.78 is 68.6. The van der Waals surface area contributed by atoms with E-state index in [1.807, 2.05) is 0 Å². The van der Waals surface area contributed by atoms with E-state index < -0.39 is 34.9 Å². The molecule has 10 heteroatoms. The minimum absolute atomic E-state index is 0.0814. The molecular weight excluding hydrogens is 301 g/mol. The molecule has 0 saturated heterocycles. The second-order valence-electron chi connectivity index (χ2n) is 3.71. The molecule has 0 atom stereocenters. The maximum Gasteiger partial charge on any atom is 0.458 e. The van der Waals surface area contributed by atoms with Crippen LogP contribution in [0.2, 0.25) is 0 Å². The highest BCUT2D eigenvalue weighted by Crippen LogP contribution is 2.47. The summed E-state index contributed by atoms with van der Waals surface area (Å²) in [5.41, 5.74) is 5.17. The molecule has 0 spiro atoms. The molecule has 0 fully saturated rings. The summed E-state index contributed by atoms with van der Waals surface area (Å²) in [5.74, 6) is -6.34. The number of esters is 1. The first-order chi connectivity index (χ1) is 9.65. The minimum Gasteiger partial charge on any atom is -0.462 e.